The summed E-state index contributed by atoms with van der Waals surface area (Å²) in [6.45, 7) is 3.82. The molecule has 0 fully saturated rings. The predicted molar refractivity (Wildman–Crippen MR) is 70.2 cm³/mol. The van der Waals surface area contributed by atoms with Crippen LogP contribution in [0.2, 0.25) is 0 Å². The van der Waals surface area contributed by atoms with Crippen LogP contribution in [-0.4, -0.2) is 15.6 Å². The highest BCUT2D eigenvalue weighted by molar-refractivity contribution is 6.04. The molecule has 0 spiro atoms. The lowest BCUT2D eigenvalue weighted by Crippen LogP contribution is -2.26. The van der Waals surface area contributed by atoms with E-state index >= 15 is 0 Å². The SMILES string of the molecule is CCCn1c(C)c(C(=O)O)c2cccc(F)c2c1=O. The molecule has 0 saturated carbocycles. The van der Waals surface area contributed by atoms with Crippen LogP contribution in [0.25, 0.3) is 10.8 Å². The van der Waals surface area contributed by atoms with Crippen molar-refractivity contribution < 1.29 is 14.3 Å². The van der Waals surface area contributed by atoms with Crippen molar-refractivity contribution in [2.45, 2.75) is 26.8 Å². The summed E-state index contributed by atoms with van der Waals surface area (Å²) < 4.78 is 15.2. The van der Waals surface area contributed by atoms with Gasteiger partial charge in [-0.3, -0.25) is 4.79 Å². The van der Waals surface area contributed by atoms with Crippen molar-refractivity contribution in [3.05, 3.63) is 45.6 Å². The van der Waals surface area contributed by atoms with Crippen LogP contribution < -0.4 is 5.56 Å². The van der Waals surface area contributed by atoms with Crippen molar-refractivity contribution in [2.75, 3.05) is 0 Å². The average molecular weight is 263 g/mol. The Balaban J connectivity index is 3.04. The molecule has 0 aliphatic rings. The number of carboxylic acid groups (broad SMARTS) is 1. The number of hydrogen-bond acceptors (Lipinski definition) is 2. The van der Waals surface area contributed by atoms with Crippen LogP contribution in [0.15, 0.2) is 23.0 Å². The third-order valence-electron chi connectivity index (χ3n) is 3.17. The van der Waals surface area contributed by atoms with E-state index in [9.17, 15) is 19.1 Å². The molecular formula is C14H14FNO3. The number of benzene rings is 1. The Morgan fingerprint density at radius 1 is 1.42 bits per heavy atom. The Hall–Kier alpha value is -2.17. The number of nitrogens with zero attached hydrogens (tertiary/aromatic N) is 1. The quantitative estimate of drug-likeness (QED) is 0.925. The van der Waals surface area contributed by atoms with E-state index in [-0.39, 0.29) is 16.3 Å². The molecular weight excluding hydrogens is 249 g/mol. The molecule has 0 unspecified atom stereocenters. The summed E-state index contributed by atoms with van der Waals surface area (Å²) in [4.78, 5) is 23.6. The first-order valence-electron chi connectivity index (χ1n) is 6.04. The van der Waals surface area contributed by atoms with Crippen molar-refractivity contribution in [1.82, 2.24) is 4.57 Å². The molecule has 0 bridgehead atoms. The van der Waals surface area contributed by atoms with Gasteiger partial charge in [0.05, 0.1) is 10.9 Å². The van der Waals surface area contributed by atoms with Gasteiger partial charge < -0.3 is 9.67 Å². The minimum Gasteiger partial charge on any atom is -0.478 e. The Labute approximate surface area is 109 Å². The lowest BCUT2D eigenvalue weighted by molar-refractivity contribution is 0.0697. The van der Waals surface area contributed by atoms with Crippen LogP contribution in [0.5, 0.6) is 0 Å². The summed E-state index contributed by atoms with van der Waals surface area (Å²) in [6, 6.07) is 4.04. The van der Waals surface area contributed by atoms with Gasteiger partial charge in [-0.05, 0) is 19.4 Å². The van der Waals surface area contributed by atoms with E-state index in [2.05, 4.69) is 0 Å². The van der Waals surface area contributed by atoms with Gasteiger partial charge in [-0.1, -0.05) is 19.1 Å². The highest BCUT2D eigenvalue weighted by atomic mass is 19.1. The Morgan fingerprint density at radius 3 is 2.68 bits per heavy atom. The molecule has 2 rings (SSSR count). The van der Waals surface area contributed by atoms with Gasteiger partial charge in [0.25, 0.3) is 5.56 Å². The Kier molecular flexibility index (Phi) is 3.38. The van der Waals surface area contributed by atoms with Crippen LogP contribution in [0.3, 0.4) is 0 Å². The summed E-state index contributed by atoms with van der Waals surface area (Å²) >= 11 is 0. The number of fused-ring (bicyclic) bond motifs is 1. The number of pyridine rings is 1. The number of rotatable bonds is 3. The summed E-state index contributed by atoms with van der Waals surface area (Å²) in [5.74, 6) is -1.84. The first-order valence-corrected chi connectivity index (χ1v) is 6.04. The second-order valence-electron chi connectivity index (χ2n) is 4.38. The molecule has 19 heavy (non-hydrogen) atoms. The van der Waals surface area contributed by atoms with Crippen molar-refractivity contribution in [3.8, 4) is 0 Å². The van der Waals surface area contributed by atoms with E-state index < -0.39 is 17.3 Å². The van der Waals surface area contributed by atoms with Gasteiger partial charge in [0.2, 0.25) is 0 Å². The van der Waals surface area contributed by atoms with Gasteiger partial charge in [-0.25, -0.2) is 9.18 Å². The van der Waals surface area contributed by atoms with Gasteiger partial charge in [0, 0.05) is 17.6 Å². The van der Waals surface area contributed by atoms with Crippen LogP contribution >= 0.6 is 0 Å². The smallest absolute Gasteiger partial charge is 0.338 e. The number of aromatic nitrogens is 1. The number of carbonyl (C=O) groups is 1. The Bertz CT molecular complexity index is 719. The maximum Gasteiger partial charge on any atom is 0.338 e. The van der Waals surface area contributed by atoms with Crippen LogP contribution in [0, 0.1) is 12.7 Å². The van der Waals surface area contributed by atoms with Crippen molar-refractivity contribution in [3.63, 3.8) is 0 Å². The van der Waals surface area contributed by atoms with Crippen LogP contribution in [-0.2, 0) is 6.54 Å². The molecule has 0 amide bonds. The van der Waals surface area contributed by atoms with Crippen molar-refractivity contribution >= 4 is 16.7 Å². The maximum atomic E-state index is 13.8. The molecule has 1 N–H and O–H groups in total. The fourth-order valence-electron chi connectivity index (χ4n) is 2.33. The highest BCUT2D eigenvalue weighted by Gasteiger charge is 2.20. The van der Waals surface area contributed by atoms with E-state index in [1.54, 1.807) is 6.92 Å². The molecule has 5 heteroatoms. The lowest BCUT2D eigenvalue weighted by atomic mass is 10.0. The minimum atomic E-state index is -1.15. The standard InChI is InChI=1S/C14H14FNO3/c1-3-7-16-8(2)11(14(18)19)9-5-4-6-10(15)12(9)13(16)17/h4-6H,3,7H2,1-2H3,(H,18,19). The zero-order chi connectivity index (χ0) is 14.2. The number of carboxylic acids is 1. The second kappa shape index (κ2) is 4.84. The average Bonchev–Trinajstić information content (AvgIpc) is 2.34. The van der Waals surface area contributed by atoms with E-state index in [0.717, 1.165) is 0 Å². The third-order valence-corrected chi connectivity index (χ3v) is 3.17. The first-order chi connectivity index (χ1) is 8.99. The fourth-order valence-corrected chi connectivity index (χ4v) is 2.33. The molecule has 0 aliphatic heterocycles. The van der Waals surface area contributed by atoms with Gasteiger partial charge in [-0.2, -0.15) is 0 Å². The van der Waals surface area contributed by atoms with Crippen LogP contribution in [0.4, 0.5) is 4.39 Å². The van der Waals surface area contributed by atoms with Crippen molar-refractivity contribution in [1.29, 1.82) is 0 Å². The summed E-state index contributed by atoms with van der Waals surface area (Å²) in [5, 5.41) is 9.30. The van der Waals surface area contributed by atoms with Crippen LogP contribution in [0.1, 0.15) is 29.4 Å². The zero-order valence-corrected chi connectivity index (χ0v) is 10.7. The monoisotopic (exact) mass is 263 g/mol. The number of hydrogen-bond donors (Lipinski definition) is 1. The van der Waals surface area contributed by atoms with Crippen molar-refractivity contribution in [2.24, 2.45) is 0 Å². The molecule has 1 aromatic carbocycles. The molecule has 1 heterocycles. The van der Waals surface area contributed by atoms with E-state index in [0.29, 0.717) is 18.7 Å². The summed E-state index contributed by atoms with van der Waals surface area (Å²) in [6.07, 6.45) is 0.666. The lowest BCUT2D eigenvalue weighted by Gasteiger charge is -2.14. The van der Waals surface area contributed by atoms with E-state index in [1.165, 1.54) is 22.8 Å². The fraction of sp³-hybridized carbons (Fsp3) is 0.286. The molecule has 0 radical (unpaired) electrons. The van der Waals surface area contributed by atoms with E-state index in [1.807, 2.05) is 6.92 Å². The third kappa shape index (κ3) is 2.01. The Morgan fingerprint density at radius 2 is 2.11 bits per heavy atom. The van der Waals surface area contributed by atoms with Gasteiger partial charge >= 0.3 is 5.97 Å². The molecule has 0 atom stereocenters. The van der Waals surface area contributed by atoms with Gasteiger partial charge in [0.1, 0.15) is 5.82 Å². The molecule has 1 aromatic heterocycles. The maximum absolute atomic E-state index is 13.8. The molecule has 0 aliphatic carbocycles. The summed E-state index contributed by atoms with van der Waals surface area (Å²) in [7, 11) is 0. The number of aromatic carboxylic acids is 1. The van der Waals surface area contributed by atoms with Gasteiger partial charge in [0.15, 0.2) is 0 Å². The first kappa shape index (κ1) is 13.3. The zero-order valence-electron chi connectivity index (χ0n) is 10.7. The molecule has 4 nitrogen and oxygen atoms in total. The van der Waals surface area contributed by atoms with E-state index in [4.69, 9.17) is 0 Å². The second-order valence-corrected chi connectivity index (χ2v) is 4.38. The highest BCUT2D eigenvalue weighted by Crippen LogP contribution is 2.21. The topological polar surface area (TPSA) is 59.3 Å². The summed E-state index contributed by atoms with van der Waals surface area (Å²) in [5.41, 5.74) is -0.127. The predicted octanol–water partition coefficient (Wildman–Crippen LogP) is 2.56. The molecule has 2 aromatic rings. The largest absolute Gasteiger partial charge is 0.478 e. The molecule has 100 valence electrons. The molecule has 0 saturated heterocycles. The normalized spacial score (nSPS) is 10.9. The minimum absolute atomic E-state index is 0.0115. The number of halogens is 1. The van der Waals surface area contributed by atoms with Gasteiger partial charge in [-0.15, -0.1) is 0 Å².